The summed E-state index contributed by atoms with van der Waals surface area (Å²) < 4.78 is 0. The molecule has 7 heavy (non-hydrogen) atoms. The van der Waals surface area contributed by atoms with Crippen molar-refractivity contribution in [3.63, 3.8) is 0 Å². The van der Waals surface area contributed by atoms with Crippen molar-refractivity contribution in [2.24, 2.45) is 0 Å². The zero-order chi connectivity index (χ0) is 4.83. The fourth-order valence-corrected chi connectivity index (χ4v) is 0.135. The molecule has 0 aliphatic carbocycles. The number of unbranched alkanes of at least 4 members (excludes halogenated alkanes) is 1. The number of rotatable bonds is 1. The molecule has 0 saturated carbocycles. The van der Waals surface area contributed by atoms with Gasteiger partial charge in [-0.05, 0) is 6.42 Å². The van der Waals surface area contributed by atoms with Gasteiger partial charge in [0.05, 0.1) is 0 Å². The summed E-state index contributed by atoms with van der Waals surface area (Å²) >= 11 is 0. The average Bonchev–Trinajstić information content (AvgIpc) is 1.61. The van der Waals surface area contributed by atoms with Crippen molar-refractivity contribution in [2.75, 3.05) is 0 Å². The third kappa shape index (κ3) is 10.7. The van der Waals surface area contributed by atoms with E-state index in [1.807, 2.05) is 0 Å². The van der Waals surface area contributed by atoms with Gasteiger partial charge < -0.3 is 12.3 Å². The summed E-state index contributed by atoms with van der Waals surface area (Å²) in [6.45, 7) is 0. The van der Waals surface area contributed by atoms with Crippen LogP contribution in [0.5, 0.6) is 0 Å². The summed E-state index contributed by atoms with van der Waals surface area (Å²) in [6.07, 6.45) is 12.4. The molecule has 1 heteroatoms. The molecule has 0 aromatic carbocycles. The third-order valence-electron chi connectivity index (χ3n) is 0.394. The summed E-state index contributed by atoms with van der Waals surface area (Å²) in [7, 11) is 0. The van der Waals surface area contributed by atoms with Crippen LogP contribution in [0.2, 0.25) is 0 Å². The first-order chi connectivity index (χ1) is 2.91. The molecular weight excluding hydrogens is 95.1 g/mol. The van der Waals surface area contributed by atoms with Crippen molar-refractivity contribution < 1.29 is 29.6 Å². The second-order valence-electron chi connectivity index (χ2n) is 0.881. The Morgan fingerprint density at radius 2 is 2.00 bits per heavy atom. The molecule has 0 aliphatic rings. The summed E-state index contributed by atoms with van der Waals surface area (Å²) in [5.41, 5.74) is 0. The van der Waals surface area contributed by atoms with Gasteiger partial charge in [-0.25, -0.2) is 0 Å². The molecule has 0 bridgehead atoms. The first-order valence-electron chi connectivity index (χ1n) is 1.75. The Bertz CT molecular complexity index is 77.7. The predicted molar refractivity (Wildman–Crippen MR) is 25.2 cm³/mol. The standard InChI is InChI=1S/C6H5.Na/c1-3-5-6-4-2;/h1H,5-6H2;/q-1;+1. The molecule has 0 aromatic rings. The van der Waals surface area contributed by atoms with Crippen LogP contribution in [0, 0.1) is 24.7 Å². The summed E-state index contributed by atoms with van der Waals surface area (Å²) in [6, 6.07) is 0. The molecule has 0 spiro atoms. The van der Waals surface area contributed by atoms with E-state index in [2.05, 4.69) is 11.8 Å². The van der Waals surface area contributed by atoms with E-state index >= 15 is 0 Å². The van der Waals surface area contributed by atoms with Crippen LogP contribution in [-0.2, 0) is 0 Å². The van der Waals surface area contributed by atoms with Gasteiger partial charge in [-0.3, -0.25) is 0 Å². The van der Waals surface area contributed by atoms with Crippen molar-refractivity contribution >= 4 is 0 Å². The normalized spacial score (nSPS) is 4.86. The van der Waals surface area contributed by atoms with E-state index in [1.54, 1.807) is 0 Å². The zero-order valence-corrected chi connectivity index (χ0v) is 6.49. The molecule has 0 aliphatic heterocycles. The van der Waals surface area contributed by atoms with Crippen LogP contribution in [0.4, 0.5) is 0 Å². The molecule has 0 aromatic heterocycles. The van der Waals surface area contributed by atoms with E-state index in [0.29, 0.717) is 12.8 Å². The minimum absolute atomic E-state index is 0. The molecule has 0 rings (SSSR count). The van der Waals surface area contributed by atoms with Crippen molar-refractivity contribution in [2.45, 2.75) is 12.8 Å². The molecule has 0 nitrogen and oxygen atoms in total. The van der Waals surface area contributed by atoms with Crippen molar-refractivity contribution in [3.05, 3.63) is 6.42 Å². The van der Waals surface area contributed by atoms with Gasteiger partial charge in [-0.15, -0.1) is 12.3 Å². The van der Waals surface area contributed by atoms with Crippen LogP contribution in [0.3, 0.4) is 0 Å². The van der Waals surface area contributed by atoms with Gasteiger partial charge in [0.15, 0.2) is 0 Å². The van der Waals surface area contributed by atoms with Crippen molar-refractivity contribution in [1.29, 1.82) is 0 Å². The van der Waals surface area contributed by atoms with Gasteiger partial charge in [0.2, 0.25) is 0 Å². The first-order valence-corrected chi connectivity index (χ1v) is 1.75. The third-order valence-corrected chi connectivity index (χ3v) is 0.394. The van der Waals surface area contributed by atoms with Crippen molar-refractivity contribution in [1.82, 2.24) is 0 Å². The zero-order valence-electron chi connectivity index (χ0n) is 4.49. The molecule has 0 fully saturated rings. The molecule has 0 saturated heterocycles. The van der Waals surface area contributed by atoms with Gasteiger partial charge in [0.1, 0.15) is 0 Å². The molecule has 0 N–H and O–H groups in total. The fraction of sp³-hybridized carbons (Fsp3) is 0.333. The second-order valence-corrected chi connectivity index (χ2v) is 0.881. The number of terminal acetylenes is 1. The van der Waals surface area contributed by atoms with Crippen LogP contribution in [0.1, 0.15) is 12.8 Å². The Hall–Kier alpha value is 0.120. The minimum atomic E-state index is 0. The SMILES string of the molecule is [C-]#CCCC#C.[Na+]. The van der Waals surface area contributed by atoms with E-state index < -0.39 is 0 Å². The molecule has 0 unspecified atom stereocenters. The smallest absolute Gasteiger partial charge is 0.694 e. The second kappa shape index (κ2) is 9.45. The molecule has 0 atom stereocenters. The van der Waals surface area contributed by atoms with E-state index in [-0.39, 0.29) is 29.6 Å². The molecule has 0 radical (unpaired) electrons. The Balaban J connectivity index is 0. The number of hydrogen-bond donors (Lipinski definition) is 0. The maximum absolute atomic E-state index is 6.36. The average molecular weight is 100 g/mol. The maximum Gasteiger partial charge on any atom is 1.00 e. The predicted octanol–water partition coefficient (Wildman–Crippen LogP) is -2.01. The van der Waals surface area contributed by atoms with Crippen LogP contribution in [0.15, 0.2) is 0 Å². The Labute approximate surface area is 67.0 Å². The van der Waals surface area contributed by atoms with Gasteiger partial charge in [-0.1, -0.05) is 0 Å². The van der Waals surface area contributed by atoms with Gasteiger partial charge in [-0.2, -0.15) is 0 Å². The Kier molecular flexibility index (Phi) is 13.7. The van der Waals surface area contributed by atoms with E-state index in [1.165, 1.54) is 0 Å². The van der Waals surface area contributed by atoms with Gasteiger partial charge >= 0.3 is 29.6 Å². The van der Waals surface area contributed by atoms with Gasteiger partial charge in [0.25, 0.3) is 0 Å². The molecule has 0 amide bonds. The molecular formula is C6H5Na. The first kappa shape index (κ1) is 10.2. The van der Waals surface area contributed by atoms with Gasteiger partial charge in [0, 0.05) is 6.42 Å². The maximum atomic E-state index is 6.36. The summed E-state index contributed by atoms with van der Waals surface area (Å²) in [5, 5.41) is 0. The quantitative estimate of drug-likeness (QED) is 0.155. The van der Waals surface area contributed by atoms with Crippen LogP contribution in [0.25, 0.3) is 0 Å². The monoisotopic (exact) mass is 100 g/mol. The van der Waals surface area contributed by atoms with E-state index in [9.17, 15) is 0 Å². The Morgan fingerprint density at radius 3 is 2.14 bits per heavy atom. The largest absolute Gasteiger partial charge is 1.00 e. The minimum Gasteiger partial charge on any atom is -0.694 e. The summed E-state index contributed by atoms with van der Waals surface area (Å²) in [4.78, 5) is 0. The number of hydrogen-bond acceptors (Lipinski definition) is 0. The van der Waals surface area contributed by atoms with Crippen molar-refractivity contribution in [3.8, 4) is 18.3 Å². The summed E-state index contributed by atoms with van der Waals surface area (Å²) in [5.74, 6) is 4.56. The Morgan fingerprint density at radius 1 is 1.43 bits per heavy atom. The van der Waals surface area contributed by atoms with Crippen LogP contribution < -0.4 is 29.6 Å². The topological polar surface area (TPSA) is 0 Å². The van der Waals surface area contributed by atoms with Crippen LogP contribution >= 0.6 is 0 Å². The fourth-order valence-electron chi connectivity index (χ4n) is 0.135. The molecule has 0 heterocycles. The van der Waals surface area contributed by atoms with E-state index in [0.717, 1.165) is 0 Å². The van der Waals surface area contributed by atoms with E-state index in [4.69, 9.17) is 12.8 Å². The molecule has 30 valence electrons. The van der Waals surface area contributed by atoms with Crippen LogP contribution in [-0.4, -0.2) is 0 Å².